The average Bonchev–Trinajstić information content (AvgIpc) is 3.19. The maximum atomic E-state index is 12.6. The van der Waals surface area contributed by atoms with Gasteiger partial charge in [-0.3, -0.25) is 14.3 Å². The SMILES string of the molecule is CC(=O)Nc1ccc(NC(=O)Cn2cc(-c3ccccc3)c(N3CCOCC3)n2)cc1. The fourth-order valence-electron chi connectivity index (χ4n) is 3.51. The summed E-state index contributed by atoms with van der Waals surface area (Å²) in [7, 11) is 0. The molecule has 2 aromatic carbocycles. The number of morpholine rings is 1. The van der Waals surface area contributed by atoms with Crippen molar-refractivity contribution >= 4 is 29.0 Å². The van der Waals surface area contributed by atoms with E-state index >= 15 is 0 Å². The number of benzene rings is 2. The van der Waals surface area contributed by atoms with Crippen molar-refractivity contribution in [2.24, 2.45) is 0 Å². The lowest BCUT2D eigenvalue weighted by atomic mass is 10.1. The number of ether oxygens (including phenoxy) is 1. The minimum atomic E-state index is -0.178. The largest absolute Gasteiger partial charge is 0.378 e. The molecule has 1 fully saturated rings. The fraction of sp³-hybridized carbons (Fsp3) is 0.261. The van der Waals surface area contributed by atoms with Crippen LogP contribution in [0.1, 0.15) is 6.92 Å². The van der Waals surface area contributed by atoms with Crippen molar-refractivity contribution in [3.05, 3.63) is 60.8 Å². The van der Waals surface area contributed by atoms with Gasteiger partial charge < -0.3 is 20.3 Å². The molecule has 160 valence electrons. The van der Waals surface area contributed by atoms with Crippen LogP contribution in [0.2, 0.25) is 0 Å². The van der Waals surface area contributed by atoms with Crippen LogP contribution in [-0.4, -0.2) is 47.9 Å². The van der Waals surface area contributed by atoms with Crippen LogP contribution in [0.3, 0.4) is 0 Å². The van der Waals surface area contributed by atoms with Gasteiger partial charge in [-0.15, -0.1) is 0 Å². The van der Waals surface area contributed by atoms with Crippen LogP contribution in [0.15, 0.2) is 60.8 Å². The Morgan fingerprint density at radius 3 is 2.26 bits per heavy atom. The first kappa shape index (κ1) is 20.6. The summed E-state index contributed by atoms with van der Waals surface area (Å²) in [5, 5.41) is 10.3. The zero-order valence-electron chi connectivity index (χ0n) is 17.4. The van der Waals surface area contributed by atoms with E-state index in [1.165, 1.54) is 6.92 Å². The smallest absolute Gasteiger partial charge is 0.246 e. The van der Waals surface area contributed by atoms with Crippen LogP contribution in [-0.2, 0) is 20.9 Å². The van der Waals surface area contributed by atoms with E-state index in [-0.39, 0.29) is 18.4 Å². The highest BCUT2D eigenvalue weighted by Gasteiger charge is 2.20. The normalized spacial score (nSPS) is 13.6. The van der Waals surface area contributed by atoms with Crippen LogP contribution in [0.5, 0.6) is 0 Å². The van der Waals surface area contributed by atoms with Gasteiger partial charge in [0, 0.05) is 43.1 Å². The first-order chi connectivity index (χ1) is 15.1. The second kappa shape index (κ2) is 9.44. The van der Waals surface area contributed by atoms with Crippen molar-refractivity contribution in [2.45, 2.75) is 13.5 Å². The maximum Gasteiger partial charge on any atom is 0.246 e. The molecule has 4 rings (SSSR count). The Hall–Kier alpha value is -3.65. The summed E-state index contributed by atoms with van der Waals surface area (Å²) < 4.78 is 7.15. The van der Waals surface area contributed by atoms with E-state index in [9.17, 15) is 9.59 Å². The van der Waals surface area contributed by atoms with Gasteiger partial charge in [0.25, 0.3) is 0 Å². The first-order valence-corrected chi connectivity index (χ1v) is 10.2. The summed E-state index contributed by atoms with van der Waals surface area (Å²) in [6.45, 7) is 4.41. The van der Waals surface area contributed by atoms with Gasteiger partial charge in [0.05, 0.1) is 13.2 Å². The quantitative estimate of drug-likeness (QED) is 0.641. The Morgan fingerprint density at radius 1 is 0.968 bits per heavy atom. The van der Waals surface area contributed by atoms with Crippen molar-refractivity contribution in [3.8, 4) is 11.1 Å². The lowest BCUT2D eigenvalue weighted by molar-refractivity contribution is -0.117. The lowest BCUT2D eigenvalue weighted by Gasteiger charge is -2.27. The number of carbonyl (C=O) groups excluding carboxylic acids is 2. The topological polar surface area (TPSA) is 88.5 Å². The van der Waals surface area contributed by atoms with Crippen LogP contribution in [0.25, 0.3) is 11.1 Å². The van der Waals surface area contributed by atoms with E-state index in [0.29, 0.717) is 24.6 Å². The van der Waals surface area contributed by atoms with E-state index in [4.69, 9.17) is 9.84 Å². The summed E-state index contributed by atoms with van der Waals surface area (Å²) in [4.78, 5) is 25.9. The second-order valence-electron chi connectivity index (χ2n) is 7.34. The molecule has 0 bridgehead atoms. The Bertz CT molecular complexity index is 1040. The highest BCUT2D eigenvalue weighted by molar-refractivity contribution is 5.92. The molecule has 2 N–H and O–H groups in total. The van der Waals surface area contributed by atoms with Crippen molar-refractivity contribution in [1.82, 2.24) is 9.78 Å². The van der Waals surface area contributed by atoms with E-state index in [1.807, 2.05) is 36.5 Å². The molecule has 0 aliphatic carbocycles. The average molecular weight is 419 g/mol. The molecular formula is C23H25N5O3. The van der Waals surface area contributed by atoms with Gasteiger partial charge in [0.1, 0.15) is 6.54 Å². The number of carbonyl (C=O) groups is 2. The Kier molecular flexibility index (Phi) is 6.28. The van der Waals surface area contributed by atoms with Crippen molar-refractivity contribution in [3.63, 3.8) is 0 Å². The minimum absolute atomic E-state index is 0.0949. The van der Waals surface area contributed by atoms with Gasteiger partial charge in [-0.05, 0) is 29.8 Å². The molecule has 31 heavy (non-hydrogen) atoms. The number of hydrogen-bond donors (Lipinski definition) is 2. The molecule has 0 unspecified atom stereocenters. The van der Waals surface area contributed by atoms with Crippen molar-refractivity contribution in [2.75, 3.05) is 41.8 Å². The van der Waals surface area contributed by atoms with Gasteiger partial charge in [0.2, 0.25) is 11.8 Å². The third kappa shape index (κ3) is 5.29. The van der Waals surface area contributed by atoms with Gasteiger partial charge in [-0.2, -0.15) is 5.10 Å². The summed E-state index contributed by atoms with van der Waals surface area (Å²) in [5.41, 5.74) is 3.39. The number of anilines is 3. The number of nitrogens with zero attached hydrogens (tertiary/aromatic N) is 3. The second-order valence-corrected chi connectivity index (χ2v) is 7.34. The van der Waals surface area contributed by atoms with Gasteiger partial charge in [-0.1, -0.05) is 30.3 Å². The van der Waals surface area contributed by atoms with Crippen LogP contribution >= 0.6 is 0 Å². The highest BCUT2D eigenvalue weighted by Crippen LogP contribution is 2.30. The molecule has 0 radical (unpaired) electrons. The third-order valence-electron chi connectivity index (χ3n) is 4.93. The summed E-state index contributed by atoms with van der Waals surface area (Å²) in [5.74, 6) is 0.547. The Labute approximate surface area is 180 Å². The van der Waals surface area contributed by atoms with Crippen molar-refractivity contribution in [1.29, 1.82) is 0 Å². The fourth-order valence-corrected chi connectivity index (χ4v) is 3.51. The van der Waals surface area contributed by atoms with E-state index < -0.39 is 0 Å². The third-order valence-corrected chi connectivity index (χ3v) is 4.93. The summed E-state index contributed by atoms with van der Waals surface area (Å²) in [6, 6.07) is 17.0. The monoisotopic (exact) mass is 419 g/mol. The molecule has 1 aliphatic rings. The molecule has 8 heteroatoms. The van der Waals surface area contributed by atoms with E-state index in [1.54, 1.807) is 28.9 Å². The Balaban J connectivity index is 1.49. The van der Waals surface area contributed by atoms with Crippen LogP contribution in [0.4, 0.5) is 17.2 Å². The zero-order chi connectivity index (χ0) is 21.6. The molecule has 0 spiro atoms. The minimum Gasteiger partial charge on any atom is -0.378 e. The predicted molar refractivity (Wildman–Crippen MR) is 120 cm³/mol. The Morgan fingerprint density at radius 2 is 1.61 bits per heavy atom. The number of amides is 2. The van der Waals surface area contributed by atoms with Gasteiger partial charge >= 0.3 is 0 Å². The lowest BCUT2D eigenvalue weighted by Crippen LogP contribution is -2.36. The van der Waals surface area contributed by atoms with E-state index in [0.717, 1.165) is 30.0 Å². The first-order valence-electron chi connectivity index (χ1n) is 10.2. The van der Waals surface area contributed by atoms with E-state index in [2.05, 4.69) is 15.5 Å². The van der Waals surface area contributed by atoms with Gasteiger partial charge in [-0.25, -0.2) is 0 Å². The van der Waals surface area contributed by atoms with Crippen LogP contribution < -0.4 is 15.5 Å². The molecule has 1 aliphatic heterocycles. The molecule has 2 heterocycles. The molecule has 0 atom stereocenters. The standard InChI is InChI=1S/C23H25N5O3/c1-17(29)24-19-7-9-20(10-8-19)25-22(30)16-28-15-21(18-5-3-2-4-6-18)23(26-28)27-11-13-31-14-12-27/h2-10,15H,11-14,16H2,1H3,(H,24,29)(H,25,30). The molecule has 0 saturated carbocycles. The maximum absolute atomic E-state index is 12.6. The van der Waals surface area contributed by atoms with Gasteiger partial charge in [0.15, 0.2) is 5.82 Å². The number of hydrogen-bond acceptors (Lipinski definition) is 5. The number of nitrogens with one attached hydrogen (secondary N) is 2. The zero-order valence-corrected chi connectivity index (χ0v) is 17.4. The molecule has 1 saturated heterocycles. The highest BCUT2D eigenvalue weighted by atomic mass is 16.5. The summed E-state index contributed by atoms with van der Waals surface area (Å²) in [6.07, 6.45) is 1.92. The molecular weight excluding hydrogens is 394 g/mol. The molecule has 1 aromatic heterocycles. The molecule has 3 aromatic rings. The molecule has 8 nitrogen and oxygen atoms in total. The number of aromatic nitrogens is 2. The predicted octanol–water partition coefficient (Wildman–Crippen LogP) is 2.98. The molecule has 2 amide bonds. The summed E-state index contributed by atoms with van der Waals surface area (Å²) >= 11 is 0. The van der Waals surface area contributed by atoms with Crippen LogP contribution in [0, 0.1) is 0 Å². The number of rotatable bonds is 6. The van der Waals surface area contributed by atoms with Crippen molar-refractivity contribution < 1.29 is 14.3 Å².